The van der Waals surface area contributed by atoms with Gasteiger partial charge in [0.1, 0.15) is 5.82 Å². The van der Waals surface area contributed by atoms with Crippen LogP contribution in [0.3, 0.4) is 0 Å². The molecule has 0 unspecified atom stereocenters. The molecule has 0 saturated heterocycles. The van der Waals surface area contributed by atoms with Gasteiger partial charge >= 0.3 is 0 Å². The molecule has 0 bridgehead atoms. The normalized spacial score (nSPS) is 10.7. The number of aryl methyl sites for hydroxylation is 2. The van der Waals surface area contributed by atoms with Crippen molar-refractivity contribution in [2.24, 2.45) is 0 Å². The number of rotatable bonds is 12. The van der Waals surface area contributed by atoms with E-state index in [2.05, 4.69) is 17.5 Å². The van der Waals surface area contributed by atoms with Gasteiger partial charge in [-0.1, -0.05) is 48.5 Å². The van der Waals surface area contributed by atoms with Gasteiger partial charge in [0.15, 0.2) is 5.78 Å². The highest BCUT2D eigenvalue weighted by Crippen LogP contribution is 2.27. The van der Waals surface area contributed by atoms with E-state index in [4.69, 9.17) is 0 Å². The molecule has 0 aromatic heterocycles. The van der Waals surface area contributed by atoms with Crippen molar-refractivity contribution in [1.29, 1.82) is 5.26 Å². The van der Waals surface area contributed by atoms with Crippen LogP contribution in [0.2, 0.25) is 0 Å². The summed E-state index contributed by atoms with van der Waals surface area (Å²) in [5.74, 6) is -0.0335. The average molecular weight is 443 g/mol. The van der Waals surface area contributed by atoms with E-state index in [9.17, 15) is 14.4 Å². The van der Waals surface area contributed by atoms with Crippen LogP contribution in [0.4, 0.5) is 4.39 Å². The Kier molecular flexibility index (Phi) is 9.35. The summed E-state index contributed by atoms with van der Waals surface area (Å²) in [6.45, 7) is 0.907. The lowest BCUT2D eigenvalue weighted by molar-refractivity contribution is 0.0978. The first-order valence-corrected chi connectivity index (χ1v) is 11.7. The quantitative estimate of drug-likeness (QED) is 0.257. The number of nitriles is 1. The van der Waals surface area contributed by atoms with Gasteiger partial charge in [-0.05, 0) is 92.6 Å². The standard InChI is InChI=1S/C29H31FN2O/c1-32-18-7-6-15-29(33)28-17-16-24(27-14-5-4-12-25(27)21-31)20-23(28)11-3-2-9-22-10-8-13-26(30)19-22/h4-5,8,10,12-14,16-17,19-20,32H,2-3,6-7,9,11,15,18H2,1H3. The first-order valence-electron chi connectivity index (χ1n) is 11.7. The zero-order valence-corrected chi connectivity index (χ0v) is 19.2. The molecule has 0 aliphatic rings. The second-order valence-corrected chi connectivity index (χ2v) is 8.35. The number of Topliss-reactive ketones (excluding diaryl/α,β-unsaturated/α-hetero) is 1. The third-order valence-corrected chi connectivity index (χ3v) is 5.90. The van der Waals surface area contributed by atoms with E-state index in [0.29, 0.717) is 12.0 Å². The summed E-state index contributed by atoms with van der Waals surface area (Å²) in [7, 11) is 1.92. The highest BCUT2D eigenvalue weighted by Gasteiger charge is 2.14. The summed E-state index contributed by atoms with van der Waals surface area (Å²) in [4.78, 5) is 13.0. The molecule has 3 rings (SSSR count). The zero-order chi connectivity index (χ0) is 23.5. The topological polar surface area (TPSA) is 52.9 Å². The molecule has 1 N–H and O–H groups in total. The first-order chi connectivity index (χ1) is 16.1. The van der Waals surface area contributed by atoms with Crippen molar-refractivity contribution in [3.63, 3.8) is 0 Å². The van der Waals surface area contributed by atoms with E-state index in [0.717, 1.165) is 72.9 Å². The highest BCUT2D eigenvalue weighted by atomic mass is 19.1. The van der Waals surface area contributed by atoms with Gasteiger partial charge in [-0.15, -0.1) is 0 Å². The summed E-state index contributed by atoms with van der Waals surface area (Å²) < 4.78 is 13.4. The largest absolute Gasteiger partial charge is 0.320 e. The minimum Gasteiger partial charge on any atom is -0.320 e. The number of benzene rings is 3. The SMILES string of the molecule is CNCCCCC(=O)c1ccc(-c2ccccc2C#N)cc1CCCCc1cccc(F)c1. The Morgan fingerprint density at radius 2 is 1.76 bits per heavy atom. The molecule has 0 fully saturated rings. The maximum atomic E-state index is 13.4. The van der Waals surface area contributed by atoms with Gasteiger partial charge in [-0.25, -0.2) is 4.39 Å². The number of carbonyl (C=O) groups excluding carboxylic acids is 1. The van der Waals surface area contributed by atoms with Crippen LogP contribution >= 0.6 is 0 Å². The van der Waals surface area contributed by atoms with Crippen LogP contribution in [0.15, 0.2) is 66.7 Å². The predicted molar refractivity (Wildman–Crippen MR) is 132 cm³/mol. The molecule has 0 heterocycles. The van der Waals surface area contributed by atoms with E-state index >= 15 is 0 Å². The van der Waals surface area contributed by atoms with Gasteiger partial charge < -0.3 is 5.32 Å². The first kappa shape index (κ1) is 24.4. The van der Waals surface area contributed by atoms with Gasteiger partial charge in [0.2, 0.25) is 0 Å². The minimum absolute atomic E-state index is 0.173. The van der Waals surface area contributed by atoms with Crippen molar-refractivity contribution in [2.45, 2.75) is 44.9 Å². The summed E-state index contributed by atoms with van der Waals surface area (Å²) in [5.41, 5.74) is 5.27. The Hall–Kier alpha value is -3.29. The molecule has 3 aromatic carbocycles. The second-order valence-electron chi connectivity index (χ2n) is 8.35. The number of hydrogen-bond acceptors (Lipinski definition) is 3. The van der Waals surface area contributed by atoms with Crippen LogP contribution in [0.25, 0.3) is 11.1 Å². The lowest BCUT2D eigenvalue weighted by Crippen LogP contribution is -2.09. The molecule has 0 aliphatic carbocycles. The molecule has 33 heavy (non-hydrogen) atoms. The minimum atomic E-state index is -0.206. The Morgan fingerprint density at radius 3 is 2.55 bits per heavy atom. The third kappa shape index (κ3) is 7.10. The molecule has 3 nitrogen and oxygen atoms in total. The fraction of sp³-hybridized carbons (Fsp3) is 0.310. The number of hydrogen-bond donors (Lipinski definition) is 1. The van der Waals surface area contributed by atoms with Gasteiger partial charge in [-0.3, -0.25) is 4.79 Å². The summed E-state index contributed by atoms with van der Waals surface area (Å²) >= 11 is 0. The Morgan fingerprint density at radius 1 is 0.939 bits per heavy atom. The van der Waals surface area contributed by atoms with Crippen LogP contribution in [-0.4, -0.2) is 19.4 Å². The number of carbonyl (C=O) groups is 1. The van der Waals surface area contributed by atoms with E-state index in [1.807, 2.05) is 49.5 Å². The Bertz CT molecular complexity index is 1120. The van der Waals surface area contributed by atoms with Crippen LogP contribution in [0, 0.1) is 17.1 Å². The number of unbranched alkanes of at least 4 members (excludes halogenated alkanes) is 2. The predicted octanol–water partition coefficient (Wildman–Crippen LogP) is 6.50. The number of ketones is 1. The van der Waals surface area contributed by atoms with Crippen LogP contribution < -0.4 is 5.32 Å². The third-order valence-electron chi connectivity index (χ3n) is 5.90. The van der Waals surface area contributed by atoms with Gasteiger partial charge in [0.05, 0.1) is 11.6 Å². The summed E-state index contributed by atoms with van der Waals surface area (Å²) in [6.07, 6.45) is 5.76. The van der Waals surface area contributed by atoms with Crippen LogP contribution in [0.5, 0.6) is 0 Å². The fourth-order valence-electron chi connectivity index (χ4n) is 4.13. The van der Waals surface area contributed by atoms with E-state index in [-0.39, 0.29) is 11.6 Å². The van der Waals surface area contributed by atoms with E-state index < -0.39 is 0 Å². The Labute approximate surface area is 196 Å². The van der Waals surface area contributed by atoms with Crippen molar-refractivity contribution < 1.29 is 9.18 Å². The monoisotopic (exact) mass is 442 g/mol. The van der Waals surface area contributed by atoms with Crippen molar-refractivity contribution in [1.82, 2.24) is 5.32 Å². The number of halogens is 1. The second kappa shape index (κ2) is 12.7. The molecule has 0 spiro atoms. The Balaban J connectivity index is 1.77. The molecule has 0 atom stereocenters. The van der Waals surface area contributed by atoms with Crippen LogP contribution in [0.1, 0.15) is 59.2 Å². The van der Waals surface area contributed by atoms with Crippen molar-refractivity contribution in [3.05, 3.63) is 94.8 Å². The molecular weight excluding hydrogens is 411 g/mol. The number of nitrogens with zero attached hydrogens (tertiary/aromatic N) is 1. The molecule has 3 aromatic rings. The molecule has 170 valence electrons. The van der Waals surface area contributed by atoms with Crippen molar-refractivity contribution in [3.8, 4) is 17.2 Å². The molecule has 0 radical (unpaired) electrons. The molecule has 4 heteroatoms. The zero-order valence-electron chi connectivity index (χ0n) is 19.2. The molecule has 0 saturated carbocycles. The number of nitrogens with one attached hydrogen (secondary N) is 1. The average Bonchev–Trinajstić information content (AvgIpc) is 2.84. The molecule has 0 aliphatic heterocycles. The lowest BCUT2D eigenvalue weighted by Gasteiger charge is -2.13. The molecular formula is C29H31FN2O. The summed E-state index contributed by atoms with van der Waals surface area (Å²) in [5, 5.41) is 12.6. The lowest BCUT2D eigenvalue weighted by atomic mass is 9.91. The smallest absolute Gasteiger partial charge is 0.163 e. The van der Waals surface area contributed by atoms with Crippen LogP contribution in [-0.2, 0) is 12.8 Å². The summed E-state index contributed by atoms with van der Waals surface area (Å²) in [6, 6.07) is 22.5. The molecule has 0 amide bonds. The van der Waals surface area contributed by atoms with Crippen molar-refractivity contribution >= 4 is 5.78 Å². The van der Waals surface area contributed by atoms with E-state index in [1.54, 1.807) is 12.1 Å². The highest BCUT2D eigenvalue weighted by molar-refractivity contribution is 5.98. The maximum Gasteiger partial charge on any atom is 0.163 e. The van der Waals surface area contributed by atoms with Crippen molar-refractivity contribution in [2.75, 3.05) is 13.6 Å². The van der Waals surface area contributed by atoms with Gasteiger partial charge in [0, 0.05) is 12.0 Å². The fourth-order valence-corrected chi connectivity index (χ4v) is 4.13. The van der Waals surface area contributed by atoms with Gasteiger partial charge in [-0.2, -0.15) is 5.26 Å². The van der Waals surface area contributed by atoms with E-state index in [1.165, 1.54) is 6.07 Å². The van der Waals surface area contributed by atoms with Gasteiger partial charge in [0.25, 0.3) is 0 Å². The maximum absolute atomic E-state index is 13.4.